The lowest BCUT2D eigenvalue weighted by Crippen LogP contribution is -2.35. The first-order valence-corrected chi connectivity index (χ1v) is 7.34. The Kier molecular flexibility index (Phi) is 4.65. The molecule has 1 amide bonds. The predicted molar refractivity (Wildman–Crippen MR) is 81.2 cm³/mol. The Morgan fingerprint density at radius 1 is 1.43 bits per heavy atom. The van der Waals surface area contributed by atoms with Crippen LogP contribution in [-0.2, 0) is 4.74 Å². The molecule has 1 N–H and O–H groups in total. The average Bonchev–Trinajstić information content (AvgIpc) is 2.85. The highest BCUT2D eigenvalue weighted by molar-refractivity contribution is 5.68. The molecule has 0 spiro atoms. The van der Waals surface area contributed by atoms with Gasteiger partial charge in [0.15, 0.2) is 0 Å². The van der Waals surface area contributed by atoms with Crippen molar-refractivity contribution >= 4 is 12.0 Å². The number of aromatic nitrogens is 2. The van der Waals surface area contributed by atoms with Gasteiger partial charge in [-0.3, -0.25) is 0 Å². The number of nitrogens with one attached hydrogen (secondary N) is 1. The fourth-order valence-corrected chi connectivity index (χ4v) is 2.21. The second-order valence-corrected chi connectivity index (χ2v) is 6.55. The second kappa shape index (κ2) is 6.28. The van der Waals surface area contributed by atoms with Gasteiger partial charge in [-0.1, -0.05) is 0 Å². The summed E-state index contributed by atoms with van der Waals surface area (Å²) in [7, 11) is 0. The van der Waals surface area contributed by atoms with Gasteiger partial charge >= 0.3 is 6.09 Å². The zero-order valence-corrected chi connectivity index (χ0v) is 13.2. The molecule has 0 radical (unpaired) electrons. The number of hydrogen-bond acceptors (Lipinski definition) is 5. The minimum Gasteiger partial charge on any atom is -0.444 e. The highest BCUT2D eigenvalue weighted by Crippen LogP contribution is 2.19. The molecule has 0 bridgehead atoms. The van der Waals surface area contributed by atoms with E-state index in [9.17, 15) is 4.79 Å². The number of carbonyl (C=O) groups is 1. The minimum absolute atomic E-state index is 0.225. The maximum Gasteiger partial charge on any atom is 0.410 e. The lowest BCUT2D eigenvalue weighted by atomic mass is 10.1. The molecule has 1 atom stereocenters. The molecule has 1 saturated heterocycles. The van der Waals surface area contributed by atoms with Gasteiger partial charge in [-0.2, -0.15) is 0 Å². The van der Waals surface area contributed by atoms with Crippen molar-refractivity contribution in [2.24, 2.45) is 5.92 Å². The minimum atomic E-state index is -0.441. The molecule has 1 aliphatic heterocycles. The number of ether oxygens (including phenoxy) is 1. The summed E-state index contributed by atoms with van der Waals surface area (Å²) in [6.07, 6.45) is 4.32. The number of nitrogens with zero attached hydrogens (tertiary/aromatic N) is 3. The van der Waals surface area contributed by atoms with Gasteiger partial charge in [-0.25, -0.2) is 14.8 Å². The van der Waals surface area contributed by atoms with Gasteiger partial charge < -0.3 is 15.0 Å². The Morgan fingerprint density at radius 2 is 2.10 bits per heavy atom. The van der Waals surface area contributed by atoms with E-state index >= 15 is 0 Å². The van der Waals surface area contributed by atoms with Gasteiger partial charge in [0.2, 0.25) is 5.95 Å². The Labute approximate surface area is 125 Å². The normalized spacial score (nSPS) is 18.7. The zero-order valence-electron chi connectivity index (χ0n) is 13.2. The molecule has 1 aromatic heterocycles. The summed E-state index contributed by atoms with van der Waals surface area (Å²) in [5, 5.41) is 3.22. The van der Waals surface area contributed by atoms with E-state index in [1.165, 1.54) is 0 Å². The number of hydrogen-bond donors (Lipinski definition) is 1. The Bertz CT molecular complexity index is 481. The number of likely N-dealkylation sites (tertiary alicyclic amines) is 1. The fourth-order valence-electron chi connectivity index (χ4n) is 2.21. The molecular weight excluding hydrogens is 268 g/mol. The van der Waals surface area contributed by atoms with Crippen molar-refractivity contribution in [3.8, 4) is 0 Å². The molecule has 116 valence electrons. The quantitative estimate of drug-likeness (QED) is 0.927. The maximum atomic E-state index is 12.0. The summed E-state index contributed by atoms with van der Waals surface area (Å²) in [5.41, 5.74) is 0.598. The third-order valence-corrected chi connectivity index (χ3v) is 3.27. The average molecular weight is 292 g/mol. The Balaban J connectivity index is 1.77. The number of anilines is 1. The van der Waals surface area contributed by atoms with Crippen molar-refractivity contribution < 1.29 is 9.53 Å². The van der Waals surface area contributed by atoms with Gasteiger partial charge in [-0.15, -0.1) is 0 Å². The first kappa shape index (κ1) is 15.5. The Hall–Kier alpha value is -1.85. The summed E-state index contributed by atoms with van der Waals surface area (Å²) in [5.74, 6) is 1.04. The van der Waals surface area contributed by atoms with Crippen LogP contribution in [0.3, 0.4) is 0 Å². The third-order valence-electron chi connectivity index (χ3n) is 3.27. The number of amides is 1. The summed E-state index contributed by atoms with van der Waals surface area (Å²) in [6.45, 7) is 9.84. The number of aryl methyl sites for hydroxylation is 1. The van der Waals surface area contributed by atoms with Crippen LogP contribution in [0.1, 0.15) is 32.8 Å². The van der Waals surface area contributed by atoms with E-state index in [0.29, 0.717) is 18.4 Å². The largest absolute Gasteiger partial charge is 0.444 e. The lowest BCUT2D eigenvalue weighted by molar-refractivity contribution is 0.0289. The molecule has 1 aliphatic rings. The van der Waals surface area contributed by atoms with Crippen LogP contribution < -0.4 is 5.32 Å². The highest BCUT2D eigenvalue weighted by atomic mass is 16.6. The molecule has 0 unspecified atom stereocenters. The standard InChI is InChI=1S/C15H24N4O2/c1-11-7-16-13(17-8-11)18-9-12-5-6-19(10-12)14(20)21-15(2,3)4/h7-8,12H,5-6,9-10H2,1-4H3,(H,16,17,18)/t12-/m0/s1. The van der Waals surface area contributed by atoms with Crippen molar-refractivity contribution in [3.05, 3.63) is 18.0 Å². The molecular formula is C15H24N4O2. The third kappa shape index (κ3) is 4.88. The number of carbonyl (C=O) groups excluding carboxylic acids is 1. The van der Waals surface area contributed by atoms with Crippen LogP contribution in [-0.4, -0.2) is 46.2 Å². The summed E-state index contributed by atoms with van der Waals surface area (Å²) < 4.78 is 5.39. The predicted octanol–water partition coefficient (Wildman–Crippen LogP) is 2.45. The molecule has 6 nitrogen and oxygen atoms in total. The lowest BCUT2D eigenvalue weighted by Gasteiger charge is -2.24. The van der Waals surface area contributed by atoms with E-state index in [1.807, 2.05) is 27.7 Å². The van der Waals surface area contributed by atoms with Crippen LogP contribution in [0.2, 0.25) is 0 Å². The van der Waals surface area contributed by atoms with E-state index in [1.54, 1.807) is 17.3 Å². The van der Waals surface area contributed by atoms with Crippen LogP contribution in [0.5, 0.6) is 0 Å². The highest BCUT2D eigenvalue weighted by Gasteiger charge is 2.29. The second-order valence-electron chi connectivity index (χ2n) is 6.55. The molecule has 1 aromatic rings. The van der Waals surface area contributed by atoms with Gasteiger partial charge in [-0.05, 0) is 45.6 Å². The molecule has 1 fully saturated rings. The van der Waals surface area contributed by atoms with E-state index in [2.05, 4.69) is 15.3 Å². The molecule has 6 heteroatoms. The van der Waals surface area contributed by atoms with Crippen molar-refractivity contribution in [1.82, 2.24) is 14.9 Å². The molecule has 0 saturated carbocycles. The zero-order chi connectivity index (χ0) is 15.5. The van der Waals surface area contributed by atoms with Crippen LogP contribution in [0, 0.1) is 12.8 Å². The molecule has 2 rings (SSSR count). The molecule has 0 aromatic carbocycles. The fraction of sp³-hybridized carbons (Fsp3) is 0.667. The van der Waals surface area contributed by atoms with E-state index in [-0.39, 0.29) is 6.09 Å². The summed E-state index contributed by atoms with van der Waals surface area (Å²) >= 11 is 0. The van der Waals surface area contributed by atoms with Crippen LogP contribution >= 0.6 is 0 Å². The molecule has 0 aliphatic carbocycles. The van der Waals surface area contributed by atoms with E-state index in [4.69, 9.17) is 4.74 Å². The first-order chi connectivity index (χ1) is 9.83. The van der Waals surface area contributed by atoms with Gasteiger partial charge in [0.1, 0.15) is 5.60 Å². The van der Waals surface area contributed by atoms with Crippen LogP contribution in [0.25, 0.3) is 0 Å². The van der Waals surface area contributed by atoms with Crippen molar-refractivity contribution in [2.75, 3.05) is 25.0 Å². The molecule has 21 heavy (non-hydrogen) atoms. The monoisotopic (exact) mass is 292 g/mol. The van der Waals surface area contributed by atoms with Gasteiger partial charge in [0.25, 0.3) is 0 Å². The van der Waals surface area contributed by atoms with E-state index < -0.39 is 5.60 Å². The van der Waals surface area contributed by atoms with Crippen molar-refractivity contribution in [3.63, 3.8) is 0 Å². The Morgan fingerprint density at radius 3 is 2.71 bits per heavy atom. The van der Waals surface area contributed by atoms with Crippen molar-refractivity contribution in [2.45, 2.75) is 39.7 Å². The van der Waals surface area contributed by atoms with E-state index in [0.717, 1.165) is 25.1 Å². The van der Waals surface area contributed by atoms with Crippen molar-refractivity contribution in [1.29, 1.82) is 0 Å². The SMILES string of the molecule is Cc1cnc(NC[C@@H]2CCN(C(=O)OC(C)(C)C)C2)nc1. The number of rotatable bonds is 3. The molecule has 2 heterocycles. The van der Waals surface area contributed by atoms with Crippen LogP contribution in [0.15, 0.2) is 12.4 Å². The van der Waals surface area contributed by atoms with Gasteiger partial charge in [0, 0.05) is 32.0 Å². The topological polar surface area (TPSA) is 67.4 Å². The van der Waals surface area contributed by atoms with Crippen LogP contribution in [0.4, 0.5) is 10.7 Å². The summed E-state index contributed by atoms with van der Waals surface area (Å²) in [6, 6.07) is 0. The maximum absolute atomic E-state index is 12.0. The first-order valence-electron chi connectivity index (χ1n) is 7.34. The summed E-state index contributed by atoms with van der Waals surface area (Å²) in [4.78, 5) is 22.2. The smallest absolute Gasteiger partial charge is 0.410 e. The van der Waals surface area contributed by atoms with Gasteiger partial charge in [0.05, 0.1) is 0 Å².